The largest absolute Gasteiger partial charge is 0.573 e. The van der Waals surface area contributed by atoms with Gasteiger partial charge in [-0.05, 0) is 42.5 Å². The van der Waals surface area contributed by atoms with E-state index in [4.69, 9.17) is 9.47 Å². The second-order valence-electron chi connectivity index (χ2n) is 9.00. The zero-order chi connectivity index (χ0) is 29.5. The van der Waals surface area contributed by atoms with Gasteiger partial charge in [-0.15, -0.1) is 23.4 Å². The number of hydrogen-bond donors (Lipinski definition) is 2. The zero-order valence-corrected chi connectivity index (χ0v) is 21.9. The number of alkyl halides is 3. The zero-order valence-electron chi connectivity index (χ0n) is 21.9. The average Bonchev–Trinajstić information content (AvgIpc) is 2.97. The lowest BCUT2D eigenvalue weighted by Crippen LogP contribution is -2.41. The Labute approximate surface area is 236 Å². The van der Waals surface area contributed by atoms with Crippen molar-refractivity contribution in [2.75, 3.05) is 44.7 Å². The Hall–Kier alpha value is -4.89. The van der Waals surface area contributed by atoms with Crippen LogP contribution in [0.15, 0.2) is 60.8 Å². The van der Waals surface area contributed by atoms with E-state index in [0.29, 0.717) is 48.8 Å². The number of morpholine rings is 1. The molecule has 2 aromatic carbocycles. The Morgan fingerprint density at radius 2 is 1.64 bits per heavy atom. The fourth-order valence-corrected chi connectivity index (χ4v) is 3.99. The van der Waals surface area contributed by atoms with E-state index >= 15 is 0 Å². The SMILES string of the molecule is O=C(Nc1nnc2ccc(Oc3ccnc(C(=O)NCCN4CCOCC4)c3)cc2n1)c1ccc(OC(F)(F)F)cc1. The normalized spacial score (nSPS) is 13.9. The highest BCUT2D eigenvalue weighted by molar-refractivity contribution is 6.03. The van der Waals surface area contributed by atoms with Crippen LogP contribution in [0.2, 0.25) is 0 Å². The van der Waals surface area contributed by atoms with Gasteiger partial charge in [0, 0.05) is 50.1 Å². The summed E-state index contributed by atoms with van der Waals surface area (Å²) >= 11 is 0. The van der Waals surface area contributed by atoms with Gasteiger partial charge in [0.1, 0.15) is 28.5 Å². The maximum atomic E-state index is 12.6. The Balaban J connectivity index is 1.21. The molecule has 2 N–H and O–H groups in total. The summed E-state index contributed by atoms with van der Waals surface area (Å²) in [5.74, 6) is -0.815. The van der Waals surface area contributed by atoms with E-state index < -0.39 is 18.0 Å². The molecule has 0 unspecified atom stereocenters. The van der Waals surface area contributed by atoms with Gasteiger partial charge in [-0.1, -0.05) is 0 Å². The quantitative estimate of drug-likeness (QED) is 0.301. The van der Waals surface area contributed by atoms with Crippen LogP contribution in [0.4, 0.5) is 19.1 Å². The van der Waals surface area contributed by atoms with Crippen molar-refractivity contribution in [1.82, 2.24) is 30.4 Å². The van der Waals surface area contributed by atoms with Gasteiger partial charge in [0.25, 0.3) is 11.8 Å². The van der Waals surface area contributed by atoms with Crippen LogP contribution in [0.5, 0.6) is 17.2 Å². The predicted octanol–water partition coefficient (Wildman–Crippen LogP) is 3.43. The molecule has 0 radical (unpaired) electrons. The molecule has 2 amide bonds. The van der Waals surface area contributed by atoms with Crippen molar-refractivity contribution in [3.8, 4) is 17.2 Å². The second kappa shape index (κ2) is 12.7. The molecule has 5 rings (SSSR count). The first-order valence-corrected chi connectivity index (χ1v) is 12.8. The highest BCUT2D eigenvalue weighted by Crippen LogP contribution is 2.25. The van der Waals surface area contributed by atoms with Crippen LogP contribution in [0.3, 0.4) is 0 Å². The molecule has 15 heteroatoms. The number of nitrogens with one attached hydrogen (secondary N) is 2. The third kappa shape index (κ3) is 7.86. The average molecular weight is 584 g/mol. The lowest BCUT2D eigenvalue weighted by Gasteiger charge is -2.26. The van der Waals surface area contributed by atoms with Crippen LogP contribution in [-0.4, -0.2) is 82.6 Å². The Morgan fingerprint density at radius 1 is 0.905 bits per heavy atom. The summed E-state index contributed by atoms with van der Waals surface area (Å²) in [6.07, 6.45) is -3.37. The fraction of sp³-hybridized carbons (Fsp3) is 0.259. The van der Waals surface area contributed by atoms with Gasteiger partial charge in [-0.2, -0.15) is 0 Å². The summed E-state index contributed by atoms with van der Waals surface area (Å²) in [6.45, 7) is 4.21. The number of fused-ring (bicyclic) bond motifs is 1. The van der Waals surface area contributed by atoms with Crippen molar-refractivity contribution in [2.24, 2.45) is 0 Å². The molecule has 3 heterocycles. The van der Waals surface area contributed by atoms with E-state index in [1.54, 1.807) is 24.3 Å². The molecule has 0 spiro atoms. The molecule has 0 aliphatic carbocycles. The number of carbonyl (C=O) groups excluding carboxylic acids is 2. The summed E-state index contributed by atoms with van der Waals surface area (Å²) in [4.78, 5) is 35.7. The van der Waals surface area contributed by atoms with Crippen molar-refractivity contribution in [3.05, 3.63) is 72.1 Å². The molecule has 2 aromatic heterocycles. The molecule has 42 heavy (non-hydrogen) atoms. The molecule has 218 valence electrons. The molecular formula is C27H24F3N7O5. The molecule has 0 bridgehead atoms. The maximum absolute atomic E-state index is 12.6. The van der Waals surface area contributed by atoms with Gasteiger partial charge in [0.15, 0.2) is 0 Å². The van der Waals surface area contributed by atoms with Crippen molar-refractivity contribution < 1.29 is 37.0 Å². The van der Waals surface area contributed by atoms with Crippen LogP contribution >= 0.6 is 0 Å². The number of ether oxygens (including phenoxy) is 3. The van der Waals surface area contributed by atoms with Crippen LogP contribution in [0, 0.1) is 0 Å². The molecule has 1 aliphatic heterocycles. The van der Waals surface area contributed by atoms with Crippen LogP contribution in [0.25, 0.3) is 11.0 Å². The fourth-order valence-electron chi connectivity index (χ4n) is 3.99. The Morgan fingerprint density at radius 3 is 2.40 bits per heavy atom. The van der Waals surface area contributed by atoms with Crippen LogP contribution in [-0.2, 0) is 4.74 Å². The van der Waals surface area contributed by atoms with Crippen molar-refractivity contribution >= 4 is 28.8 Å². The van der Waals surface area contributed by atoms with Crippen LogP contribution < -0.4 is 20.1 Å². The molecule has 0 atom stereocenters. The lowest BCUT2D eigenvalue weighted by atomic mass is 10.2. The third-order valence-electron chi connectivity index (χ3n) is 6.02. The van der Waals surface area contributed by atoms with E-state index in [1.165, 1.54) is 24.4 Å². The highest BCUT2D eigenvalue weighted by Gasteiger charge is 2.31. The Bertz CT molecular complexity index is 1560. The van der Waals surface area contributed by atoms with Gasteiger partial charge < -0.3 is 19.5 Å². The molecule has 4 aromatic rings. The number of carbonyl (C=O) groups is 2. The maximum Gasteiger partial charge on any atom is 0.573 e. The number of benzene rings is 2. The number of nitrogens with zero attached hydrogens (tertiary/aromatic N) is 5. The highest BCUT2D eigenvalue weighted by atomic mass is 19.4. The monoisotopic (exact) mass is 583 g/mol. The van der Waals surface area contributed by atoms with E-state index in [1.807, 2.05) is 0 Å². The molecule has 0 saturated carbocycles. The van der Waals surface area contributed by atoms with E-state index in [2.05, 4.69) is 40.4 Å². The summed E-state index contributed by atoms with van der Waals surface area (Å²) in [5, 5.41) is 13.2. The predicted molar refractivity (Wildman–Crippen MR) is 142 cm³/mol. The number of aromatic nitrogens is 4. The summed E-state index contributed by atoms with van der Waals surface area (Å²) in [7, 11) is 0. The van der Waals surface area contributed by atoms with E-state index in [9.17, 15) is 22.8 Å². The number of rotatable bonds is 9. The van der Waals surface area contributed by atoms with Crippen molar-refractivity contribution in [1.29, 1.82) is 0 Å². The first kappa shape index (κ1) is 28.6. The minimum Gasteiger partial charge on any atom is -0.457 e. The summed E-state index contributed by atoms with van der Waals surface area (Å²) in [6, 6.07) is 12.3. The van der Waals surface area contributed by atoms with Crippen LogP contribution in [0.1, 0.15) is 20.8 Å². The minimum absolute atomic E-state index is 0.0592. The first-order chi connectivity index (χ1) is 20.2. The van der Waals surface area contributed by atoms with Gasteiger partial charge in [-0.25, -0.2) is 4.98 Å². The van der Waals surface area contributed by atoms with Gasteiger partial charge in [0.05, 0.1) is 18.7 Å². The minimum atomic E-state index is -4.84. The molecule has 12 nitrogen and oxygen atoms in total. The molecule has 1 aliphatic rings. The second-order valence-corrected chi connectivity index (χ2v) is 9.00. The number of anilines is 1. The summed E-state index contributed by atoms with van der Waals surface area (Å²) < 4.78 is 52.1. The van der Waals surface area contributed by atoms with Gasteiger partial charge in [-0.3, -0.25) is 24.8 Å². The molecule has 1 fully saturated rings. The number of hydrogen-bond acceptors (Lipinski definition) is 10. The summed E-state index contributed by atoms with van der Waals surface area (Å²) in [5.41, 5.74) is 1.03. The number of halogens is 3. The van der Waals surface area contributed by atoms with Gasteiger partial charge in [0.2, 0.25) is 5.95 Å². The first-order valence-electron chi connectivity index (χ1n) is 12.8. The Kier molecular flexibility index (Phi) is 8.68. The molecular weight excluding hydrogens is 559 g/mol. The van der Waals surface area contributed by atoms with E-state index in [-0.39, 0.29) is 23.1 Å². The number of amides is 2. The number of pyridine rings is 1. The van der Waals surface area contributed by atoms with Crippen molar-refractivity contribution in [3.63, 3.8) is 0 Å². The smallest absolute Gasteiger partial charge is 0.457 e. The third-order valence-corrected chi connectivity index (χ3v) is 6.02. The van der Waals surface area contributed by atoms with Gasteiger partial charge >= 0.3 is 6.36 Å². The standard InChI is InChI=1S/C27H24F3N7O5/c28-27(29,30)42-18-3-1-17(2-4-18)24(38)34-26-33-22-15-19(5-6-21(22)35-36-26)41-20-7-8-31-23(16-20)25(39)32-9-10-37-11-13-40-14-12-37/h1-8,15-16H,9-14H2,(H,32,39)(H,33,34,36,38). The lowest BCUT2D eigenvalue weighted by molar-refractivity contribution is -0.274. The molecule has 1 saturated heterocycles. The van der Waals surface area contributed by atoms with E-state index in [0.717, 1.165) is 25.2 Å². The topological polar surface area (TPSA) is 141 Å². The van der Waals surface area contributed by atoms with Crippen molar-refractivity contribution in [2.45, 2.75) is 6.36 Å².